The molecule has 0 spiro atoms. The molecule has 2 atom stereocenters. The van der Waals surface area contributed by atoms with Gasteiger partial charge in [0.05, 0.1) is 0 Å². The van der Waals surface area contributed by atoms with E-state index in [9.17, 15) is 0 Å². The topological polar surface area (TPSA) is 31.6 Å². The van der Waals surface area contributed by atoms with E-state index in [1.165, 1.54) is 33.6 Å². The first-order chi connectivity index (χ1) is 14.9. The summed E-state index contributed by atoms with van der Waals surface area (Å²) >= 11 is 0. The smallest absolute Gasteiger partial charge is 0.0490 e. The van der Waals surface area contributed by atoms with Gasteiger partial charge in [0.25, 0.3) is 0 Å². The lowest BCUT2D eigenvalue weighted by atomic mass is 9.83. The molecule has 5 aromatic rings. The van der Waals surface area contributed by atoms with E-state index in [-0.39, 0.29) is 11.8 Å². The molecule has 5 rings (SSSR count). The molecule has 3 aromatic carbocycles. The van der Waals surface area contributed by atoms with Crippen LogP contribution in [0.2, 0.25) is 0 Å². The van der Waals surface area contributed by atoms with Gasteiger partial charge in [0.15, 0.2) is 0 Å². The second-order valence-corrected chi connectivity index (χ2v) is 7.61. The number of H-pyrrole nitrogens is 2. The van der Waals surface area contributed by atoms with E-state index in [4.69, 9.17) is 0 Å². The lowest BCUT2D eigenvalue weighted by Gasteiger charge is -2.21. The normalized spacial score (nSPS) is 13.1. The SMILES string of the molecule is c1ccc(C(c2cccc(C(c3ccccc3)c3ccc[nH]3)c2)c2ccc[nH]2)cc1. The Labute approximate surface area is 177 Å². The number of nitrogens with one attached hydrogen (secondary N) is 2. The molecule has 0 saturated carbocycles. The summed E-state index contributed by atoms with van der Waals surface area (Å²) in [6.07, 6.45) is 4.00. The predicted octanol–water partition coefficient (Wildman–Crippen LogP) is 6.70. The summed E-state index contributed by atoms with van der Waals surface area (Å²) in [7, 11) is 0. The van der Waals surface area contributed by atoms with Crippen LogP contribution >= 0.6 is 0 Å². The summed E-state index contributed by atoms with van der Waals surface area (Å²) < 4.78 is 0. The molecule has 0 bridgehead atoms. The van der Waals surface area contributed by atoms with Crippen LogP contribution in [0.1, 0.15) is 45.5 Å². The molecule has 0 aliphatic heterocycles. The Morgan fingerprint density at radius 1 is 0.400 bits per heavy atom. The van der Waals surface area contributed by atoms with Crippen LogP contribution < -0.4 is 0 Å². The molecule has 2 unspecified atom stereocenters. The van der Waals surface area contributed by atoms with Crippen molar-refractivity contribution in [2.75, 3.05) is 0 Å². The second kappa shape index (κ2) is 8.30. The largest absolute Gasteiger partial charge is 0.364 e. The highest BCUT2D eigenvalue weighted by molar-refractivity contribution is 5.46. The average Bonchev–Trinajstić information content (AvgIpc) is 3.51. The fraction of sp³-hybridized carbons (Fsp3) is 0.0714. The van der Waals surface area contributed by atoms with Gasteiger partial charge in [-0.05, 0) is 46.5 Å². The summed E-state index contributed by atoms with van der Waals surface area (Å²) in [5, 5.41) is 0. The van der Waals surface area contributed by atoms with Crippen molar-refractivity contribution >= 4 is 0 Å². The maximum Gasteiger partial charge on any atom is 0.0490 e. The number of rotatable bonds is 6. The summed E-state index contributed by atoms with van der Waals surface area (Å²) in [5.74, 6) is 0.336. The molecule has 0 aliphatic carbocycles. The van der Waals surface area contributed by atoms with Gasteiger partial charge in [0.1, 0.15) is 0 Å². The van der Waals surface area contributed by atoms with E-state index in [1.54, 1.807) is 0 Å². The number of aromatic amines is 2. The Bertz CT molecular complexity index is 1080. The van der Waals surface area contributed by atoms with Crippen LogP contribution in [0.25, 0.3) is 0 Å². The Kier molecular flexibility index (Phi) is 5.05. The fourth-order valence-electron chi connectivity index (χ4n) is 4.36. The highest BCUT2D eigenvalue weighted by atomic mass is 14.7. The molecule has 2 nitrogen and oxygen atoms in total. The van der Waals surface area contributed by atoms with E-state index in [1.807, 2.05) is 12.4 Å². The molecule has 2 N–H and O–H groups in total. The van der Waals surface area contributed by atoms with Crippen LogP contribution in [0.15, 0.2) is 122 Å². The number of hydrogen-bond donors (Lipinski definition) is 2. The zero-order valence-electron chi connectivity index (χ0n) is 16.7. The van der Waals surface area contributed by atoms with Gasteiger partial charge in [-0.3, -0.25) is 0 Å². The van der Waals surface area contributed by atoms with Gasteiger partial charge < -0.3 is 9.97 Å². The molecule has 2 aromatic heterocycles. The zero-order chi connectivity index (χ0) is 20.2. The predicted molar refractivity (Wildman–Crippen MR) is 123 cm³/mol. The minimum Gasteiger partial charge on any atom is -0.364 e. The minimum atomic E-state index is 0.168. The van der Waals surface area contributed by atoms with Gasteiger partial charge in [-0.2, -0.15) is 0 Å². The van der Waals surface area contributed by atoms with Crippen molar-refractivity contribution in [2.45, 2.75) is 11.8 Å². The van der Waals surface area contributed by atoms with Crippen LogP contribution in [-0.2, 0) is 0 Å². The van der Waals surface area contributed by atoms with Crippen LogP contribution in [-0.4, -0.2) is 9.97 Å². The fourth-order valence-corrected chi connectivity index (χ4v) is 4.36. The highest BCUT2D eigenvalue weighted by Crippen LogP contribution is 2.36. The highest BCUT2D eigenvalue weighted by Gasteiger charge is 2.21. The van der Waals surface area contributed by atoms with E-state index >= 15 is 0 Å². The van der Waals surface area contributed by atoms with Crippen LogP contribution in [0.3, 0.4) is 0 Å². The summed E-state index contributed by atoms with van der Waals surface area (Å²) in [5.41, 5.74) is 7.55. The first-order valence-corrected chi connectivity index (χ1v) is 10.4. The molecular formula is C28H24N2. The number of aromatic nitrogens is 2. The van der Waals surface area contributed by atoms with Gasteiger partial charge in [-0.1, -0.05) is 84.9 Å². The van der Waals surface area contributed by atoms with Gasteiger partial charge in [-0.25, -0.2) is 0 Å². The average molecular weight is 389 g/mol. The van der Waals surface area contributed by atoms with Crippen LogP contribution in [0, 0.1) is 0 Å². The molecule has 0 fully saturated rings. The number of hydrogen-bond acceptors (Lipinski definition) is 0. The van der Waals surface area contributed by atoms with Crippen molar-refractivity contribution in [2.24, 2.45) is 0 Å². The first-order valence-electron chi connectivity index (χ1n) is 10.4. The summed E-state index contributed by atoms with van der Waals surface area (Å²) in [4.78, 5) is 6.87. The quantitative estimate of drug-likeness (QED) is 0.324. The van der Waals surface area contributed by atoms with E-state index in [0.717, 1.165) is 0 Å². The standard InChI is InChI=1S/C28H24N2/c1-3-10-21(11-4-1)27(25-16-8-18-29-25)23-14-7-15-24(20-23)28(26-17-9-19-30-26)22-12-5-2-6-13-22/h1-20,27-30H. The third-order valence-corrected chi connectivity index (χ3v) is 5.71. The minimum absolute atomic E-state index is 0.168. The third-order valence-electron chi connectivity index (χ3n) is 5.71. The lowest BCUT2D eigenvalue weighted by Crippen LogP contribution is -2.07. The van der Waals surface area contributed by atoms with Crippen molar-refractivity contribution in [3.63, 3.8) is 0 Å². The van der Waals surface area contributed by atoms with Gasteiger partial charge >= 0.3 is 0 Å². The van der Waals surface area contributed by atoms with Crippen molar-refractivity contribution < 1.29 is 0 Å². The maximum absolute atomic E-state index is 3.44. The molecule has 0 amide bonds. The number of benzene rings is 3. The molecule has 0 aliphatic rings. The Balaban J connectivity index is 1.63. The Morgan fingerprint density at radius 3 is 1.23 bits per heavy atom. The molecule has 2 heterocycles. The van der Waals surface area contributed by atoms with Crippen molar-refractivity contribution in [1.29, 1.82) is 0 Å². The van der Waals surface area contributed by atoms with E-state index in [2.05, 4.69) is 119 Å². The van der Waals surface area contributed by atoms with Gasteiger partial charge in [-0.15, -0.1) is 0 Å². The Hall–Kier alpha value is -3.78. The lowest BCUT2D eigenvalue weighted by molar-refractivity contribution is 0.901. The molecule has 146 valence electrons. The summed E-state index contributed by atoms with van der Waals surface area (Å²) in [6.45, 7) is 0. The molecular weight excluding hydrogens is 364 g/mol. The van der Waals surface area contributed by atoms with Crippen LogP contribution in [0.5, 0.6) is 0 Å². The van der Waals surface area contributed by atoms with Crippen LogP contribution in [0.4, 0.5) is 0 Å². The second-order valence-electron chi connectivity index (χ2n) is 7.61. The third kappa shape index (κ3) is 3.60. The molecule has 2 heteroatoms. The molecule has 0 saturated heterocycles. The maximum atomic E-state index is 3.44. The van der Waals surface area contributed by atoms with Gasteiger partial charge in [0.2, 0.25) is 0 Å². The Morgan fingerprint density at radius 2 is 0.833 bits per heavy atom. The van der Waals surface area contributed by atoms with Crippen molar-refractivity contribution in [1.82, 2.24) is 9.97 Å². The van der Waals surface area contributed by atoms with E-state index < -0.39 is 0 Å². The van der Waals surface area contributed by atoms with Crippen molar-refractivity contribution in [3.8, 4) is 0 Å². The molecule has 0 radical (unpaired) electrons. The zero-order valence-corrected chi connectivity index (χ0v) is 16.7. The van der Waals surface area contributed by atoms with Crippen molar-refractivity contribution in [3.05, 3.63) is 155 Å². The first kappa shape index (κ1) is 18.3. The van der Waals surface area contributed by atoms with Gasteiger partial charge in [0, 0.05) is 35.6 Å². The molecule has 30 heavy (non-hydrogen) atoms. The monoisotopic (exact) mass is 388 g/mol. The van der Waals surface area contributed by atoms with E-state index in [0.29, 0.717) is 0 Å². The summed E-state index contributed by atoms with van der Waals surface area (Å²) in [6, 6.07) is 38.9.